The van der Waals surface area contributed by atoms with Gasteiger partial charge in [0, 0.05) is 12.8 Å². The predicted octanol–water partition coefficient (Wildman–Crippen LogP) is 3.99. The van der Waals surface area contributed by atoms with Crippen molar-refractivity contribution in [2.75, 3.05) is 14.2 Å². The zero-order valence-electron chi connectivity index (χ0n) is 13.8. The number of nitrogens with zero attached hydrogens (tertiary/aromatic N) is 3. The maximum absolute atomic E-state index is 5.32. The van der Waals surface area contributed by atoms with Crippen molar-refractivity contribution in [2.45, 2.75) is 6.54 Å². The molecule has 1 heterocycles. The summed E-state index contributed by atoms with van der Waals surface area (Å²) in [5.74, 6) is 2.00. The molecule has 3 rings (SSSR count). The Morgan fingerprint density at radius 2 is 1.92 bits per heavy atom. The normalized spacial score (nSPS) is 11.1. The van der Waals surface area contributed by atoms with Gasteiger partial charge in [0.15, 0.2) is 11.5 Å². The van der Waals surface area contributed by atoms with Gasteiger partial charge in [0.05, 0.1) is 25.3 Å². The molecule has 0 N–H and O–H groups in total. The van der Waals surface area contributed by atoms with Crippen LogP contribution in [0.5, 0.6) is 11.5 Å². The van der Waals surface area contributed by atoms with Crippen LogP contribution in [-0.2, 0) is 6.54 Å². The summed E-state index contributed by atoms with van der Waals surface area (Å²) in [4.78, 5) is 9.13. The van der Waals surface area contributed by atoms with Crippen LogP contribution >= 0.6 is 0 Å². The van der Waals surface area contributed by atoms with E-state index >= 15 is 0 Å². The molecular weight excluding hydrogens is 302 g/mol. The average Bonchev–Trinajstić information content (AvgIpc) is 2.98. The third kappa shape index (κ3) is 3.01. The molecule has 0 fully saturated rings. The number of aliphatic imine (C=N–C) groups is 1. The fraction of sp³-hybridized carbons (Fsp3) is 0.158. The van der Waals surface area contributed by atoms with Crippen molar-refractivity contribution in [3.05, 3.63) is 60.7 Å². The molecule has 0 spiro atoms. The SMILES string of the molecule is C=CCn1c(N=Cc2ccc(OC)c(OC)c2)nc2ccccc21. The minimum absolute atomic E-state index is 0.644. The second-order valence-corrected chi connectivity index (χ2v) is 5.17. The van der Waals surface area contributed by atoms with E-state index < -0.39 is 0 Å². The fourth-order valence-electron chi connectivity index (χ4n) is 2.54. The van der Waals surface area contributed by atoms with Crippen molar-refractivity contribution in [3.63, 3.8) is 0 Å². The first kappa shape index (κ1) is 15.8. The number of methoxy groups -OCH3 is 2. The van der Waals surface area contributed by atoms with E-state index in [1.807, 2.05) is 53.1 Å². The lowest BCUT2D eigenvalue weighted by Gasteiger charge is -2.07. The van der Waals surface area contributed by atoms with Crippen LogP contribution in [0, 0.1) is 0 Å². The summed E-state index contributed by atoms with van der Waals surface area (Å²) >= 11 is 0. The van der Waals surface area contributed by atoms with Gasteiger partial charge in [0.1, 0.15) is 0 Å². The van der Waals surface area contributed by atoms with E-state index in [0.717, 1.165) is 16.6 Å². The summed E-state index contributed by atoms with van der Waals surface area (Å²) in [7, 11) is 3.23. The molecule has 0 aliphatic heterocycles. The van der Waals surface area contributed by atoms with E-state index in [9.17, 15) is 0 Å². The van der Waals surface area contributed by atoms with E-state index in [2.05, 4.69) is 16.6 Å². The number of para-hydroxylation sites is 2. The Balaban J connectivity index is 1.98. The number of hydrogen-bond acceptors (Lipinski definition) is 4. The van der Waals surface area contributed by atoms with Crippen LogP contribution in [0.2, 0.25) is 0 Å². The molecule has 24 heavy (non-hydrogen) atoms. The zero-order chi connectivity index (χ0) is 16.9. The van der Waals surface area contributed by atoms with Crippen molar-refractivity contribution in [2.24, 2.45) is 4.99 Å². The topological polar surface area (TPSA) is 48.6 Å². The molecule has 1 aromatic heterocycles. The van der Waals surface area contributed by atoms with Gasteiger partial charge >= 0.3 is 0 Å². The maximum atomic E-state index is 5.32. The monoisotopic (exact) mass is 321 g/mol. The lowest BCUT2D eigenvalue weighted by Crippen LogP contribution is -1.95. The molecule has 122 valence electrons. The first-order chi connectivity index (χ1) is 11.8. The number of fused-ring (bicyclic) bond motifs is 1. The highest BCUT2D eigenvalue weighted by Gasteiger charge is 2.08. The molecule has 0 unspecified atom stereocenters. The van der Waals surface area contributed by atoms with Crippen LogP contribution in [0.4, 0.5) is 5.95 Å². The molecule has 3 aromatic rings. The van der Waals surface area contributed by atoms with Gasteiger partial charge in [0.2, 0.25) is 5.95 Å². The van der Waals surface area contributed by atoms with Crippen LogP contribution in [0.1, 0.15) is 5.56 Å². The Kier molecular flexibility index (Phi) is 4.61. The third-order valence-electron chi connectivity index (χ3n) is 3.68. The molecule has 0 aliphatic rings. The fourth-order valence-corrected chi connectivity index (χ4v) is 2.54. The second kappa shape index (κ2) is 7.00. The van der Waals surface area contributed by atoms with Gasteiger partial charge in [-0.1, -0.05) is 18.2 Å². The largest absolute Gasteiger partial charge is 0.493 e. The highest BCUT2D eigenvalue weighted by atomic mass is 16.5. The highest BCUT2D eigenvalue weighted by molar-refractivity contribution is 5.84. The first-order valence-electron chi connectivity index (χ1n) is 7.59. The van der Waals surface area contributed by atoms with Gasteiger partial charge < -0.3 is 14.0 Å². The lowest BCUT2D eigenvalue weighted by atomic mass is 10.2. The number of aromatic nitrogens is 2. The molecule has 0 aliphatic carbocycles. The molecular formula is C19H19N3O2. The predicted molar refractivity (Wildman–Crippen MR) is 96.7 cm³/mol. The molecule has 0 saturated carbocycles. The quantitative estimate of drug-likeness (QED) is 0.509. The Bertz CT molecular complexity index is 897. The van der Waals surface area contributed by atoms with Crippen LogP contribution in [0.25, 0.3) is 11.0 Å². The molecule has 0 bridgehead atoms. The van der Waals surface area contributed by atoms with Crippen molar-refractivity contribution in [1.82, 2.24) is 9.55 Å². The van der Waals surface area contributed by atoms with Crippen molar-refractivity contribution in [1.29, 1.82) is 0 Å². The second-order valence-electron chi connectivity index (χ2n) is 5.17. The van der Waals surface area contributed by atoms with E-state index in [1.54, 1.807) is 20.4 Å². The maximum Gasteiger partial charge on any atom is 0.230 e. The standard InChI is InChI=1S/C19H19N3O2/c1-4-11-22-16-8-6-5-7-15(16)21-19(22)20-13-14-9-10-17(23-2)18(12-14)24-3/h4-10,12-13H,1,11H2,2-3H3. The van der Waals surface area contributed by atoms with Gasteiger partial charge in [-0.3, -0.25) is 0 Å². The molecule has 5 nitrogen and oxygen atoms in total. The summed E-state index contributed by atoms with van der Waals surface area (Å²) < 4.78 is 12.6. The van der Waals surface area contributed by atoms with Crippen molar-refractivity contribution in [3.8, 4) is 11.5 Å². The van der Waals surface area contributed by atoms with Crippen LogP contribution in [-0.4, -0.2) is 30.0 Å². The lowest BCUT2D eigenvalue weighted by molar-refractivity contribution is 0.355. The zero-order valence-corrected chi connectivity index (χ0v) is 13.8. The van der Waals surface area contributed by atoms with Crippen LogP contribution in [0.3, 0.4) is 0 Å². The summed E-state index contributed by atoms with van der Waals surface area (Å²) in [5, 5.41) is 0. The molecule has 0 amide bonds. The number of allylic oxidation sites excluding steroid dienone is 1. The Hall–Kier alpha value is -3.08. The van der Waals surface area contributed by atoms with Crippen LogP contribution < -0.4 is 9.47 Å². The number of imidazole rings is 1. The molecule has 0 atom stereocenters. The van der Waals surface area contributed by atoms with Crippen molar-refractivity contribution >= 4 is 23.2 Å². The average molecular weight is 321 g/mol. The molecule has 5 heteroatoms. The first-order valence-corrected chi connectivity index (χ1v) is 7.59. The van der Waals surface area contributed by atoms with Gasteiger partial charge in [-0.25, -0.2) is 9.98 Å². The van der Waals surface area contributed by atoms with E-state index in [0.29, 0.717) is 24.0 Å². The van der Waals surface area contributed by atoms with Gasteiger partial charge in [0.25, 0.3) is 0 Å². The van der Waals surface area contributed by atoms with Gasteiger partial charge in [-0.15, -0.1) is 6.58 Å². The Morgan fingerprint density at radius 1 is 1.12 bits per heavy atom. The number of benzene rings is 2. The molecule has 2 aromatic carbocycles. The number of rotatable bonds is 6. The van der Waals surface area contributed by atoms with E-state index in [4.69, 9.17) is 9.47 Å². The van der Waals surface area contributed by atoms with E-state index in [1.165, 1.54) is 0 Å². The minimum Gasteiger partial charge on any atom is -0.493 e. The molecule has 0 radical (unpaired) electrons. The van der Waals surface area contributed by atoms with E-state index in [-0.39, 0.29) is 0 Å². The highest BCUT2D eigenvalue weighted by Crippen LogP contribution is 2.27. The van der Waals surface area contributed by atoms with Crippen LogP contribution in [0.15, 0.2) is 60.1 Å². The number of hydrogen-bond donors (Lipinski definition) is 0. The Morgan fingerprint density at radius 3 is 2.67 bits per heavy atom. The molecule has 0 saturated heterocycles. The summed E-state index contributed by atoms with van der Waals surface area (Å²) in [6.07, 6.45) is 3.60. The summed E-state index contributed by atoms with van der Waals surface area (Å²) in [6, 6.07) is 13.6. The minimum atomic E-state index is 0.644. The van der Waals surface area contributed by atoms with Gasteiger partial charge in [-0.2, -0.15) is 0 Å². The third-order valence-corrected chi connectivity index (χ3v) is 3.68. The van der Waals surface area contributed by atoms with Gasteiger partial charge in [-0.05, 0) is 35.9 Å². The number of ether oxygens (including phenoxy) is 2. The summed E-state index contributed by atoms with van der Waals surface area (Å²) in [6.45, 7) is 4.46. The Labute approximate surface area is 140 Å². The smallest absolute Gasteiger partial charge is 0.230 e. The van der Waals surface area contributed by atoms with Crippen molar-refractivity contribution < 1.29 is 9.47 Å². The summed E-state index contributed by atoms with van der Waals surface area (Å²) in [5.41, 5.74) is 2.86.